The minimum atomic E-state index is -3.60. The van der Waals surface area contributed by atoms with E-state index in [-0.39, 0.29) is 0 Å². The number of benzene rings is 1. The van der Waals surface area contributed by atoms with Crippen molar-refractivity contribution in [3.63, 3.8) is 0 Å². The van der Waals surface area contributed by atoms with Gasteiger partial charge in [-0.2, -0.15) is 0 Å². The van der Waals surface area contributed by atoms with Crippen molar-refractivity contribution in [3.8, 4) is 11.5 Å². The zero-order valence-corrected chi connectivity index (χ0v) is 11.3. The molecule has 0 spiro atoms. The molecule has 6 nitrogen and oxygen atoms in total. The van der Waals surface area contributed by atoms with E-state index >= 15 is 0 Å². The predicted octanol–water partition coefficient (Wildman–Crippen LogP) is 0.826. The number of rotatable bonds is 6. The highest BCUT2D eigenvalue weighted by molar-refractivity contribution is 7.93. The molecule has 1 aromatic rings. The van der Waals surface area contributed by atoms with Crippen LogP contribution in [-0.2, 0) is 10.0 Å². The predicted molar refractivity (Wildman–Crippen MR) is 68.6 cm³/mol. The first kappa shape index (κ1) is 14.6. The van der Waals surface area contributed by atoms with Crippen molar-refractivity contribution >= 4 is 15.7 Å². The number of ether oxygens (including phenoxy) is 2. The molecule has 0 aliphatic heterocycles. The Morgan fingerprint density at radius 2 is 1.89 bits per heavy atom. The SMILES string of the molecule is COc1ccc(NS(=O)(=O)C(C)CO)cc1OC. The second-order valence-corrected chi connectivity index (χ2v) is 5.81. The molecular weight excluding hydrogens is 258 g/mol. The third-order valence-electron chi connectivity index (χ3n) is 2.43. The fraction of sp³-hybridized carbons (Fsp3) is 0.455. The van der Waals surface area contributed by atoms with E-state index in [1.54, 1.807) is 12.1 Å². The Hall–Kier alpha value is -1.47. The lowest BCUT2D eigenvalue weighted by molar-refractivity contribution is 0.296. The van der Waals surface area contributed by atoms with E-state index in [4.69, 9.17) is 14.6 Å². The van der Waals surface area contributed by atoms with E-state index in [0.717, 1.165) is 0 Å². The van der Waals surface area contributed by atoms with Gasteiger partial charge in [-0.05, 0) is 19.1 Å². The molecular formula is C11H17NO5S. The third kappa shape index (κ3) is 3.27. The molecule has 7 heteroatoms. The number of nitrogens with one attached hydrogen (secondary N) is 1. The van der Waals surface area contributed by atoms with Crippen molar-refractivity contribution in [1.29, 1.82) is 0 Å². The smallest absolute Gasteiger partial charge is 0.237 e. The van der Waals surface area contributed by atoms with Crippen molar-refractivity contribution in [2.45, 2.75) is 12.2 Å². The number of methoxy groups -OCH3 is 2. The highest BCUT2D eigenvalue weighted by Crippen LogP contribution is 2.30. The van der Waals surface area contributed by atoms with Crippen molar-refractivity contribution in [1.82, 2.24) is 0 Å². The van der Waals surface area contributed by atoms with Gasteiger partial charge < -0.3 is 14.6 Å². The van der Waals surface area contributed by atoms with Crippen LogP contribution in [0.15, 0.2) is 18.2 Å². The first-order valence-corrected chi connectivity index (χ1v) is 6.83. The Kier molecular flexibility index (Phi) is 4.80. The van der Waals surface area contributed by atoms with Crippen molar-refractivity contribution in [2.75, 3.05) is 25.5 Å². The minimum Gasteiger partial charge on any atom is -0.493 e. The van der Waals surface area contributed by atoms with Crippen LogP contribution in [0.2, 0.25) is 0 Å². The quantitative estimate of drug-likeness (QED) is 0.803. The Morgan fingerprint density at radius 3 is 2.39 bits per heavy atom. The maximum absolute atomic E-state index is 11.7. The van der Waals surface area contributed by atoms with E-state index in [2.05, 4.69) is 4.72 Å². The molecule has 0 fully saturated rings. The fourth-order valence-electron chi connectivity index (χ4n) is 1.26. The van der Waals surface area contributed by atoms with Crippen LogP contribution in [0.1, 0.15) is 6.92 Å². The summed E-state index contributed by atoms with van der Waals surface area (Å²) in [7, 11) is -0.644. The summed E-state index contributed by atoms with van der Waals surface area (Å²) < 4.78 is 36.0. The van der Waals surface area contributed by atoms with Crippen molar-refractivity contribution in [3.05, 3.63) is 18.2 Å². The highest BCUT2D eigenvalue weighted by atomic mass is 32.2. The molecule has 0 aromatic heterocycles. The van der Waals surface area contributed by atoms with Crippen molar-refractivity contribution in [2.24, 2.45) is 0 Å². The Labute approximate surface area is 107 Å². The zero-order valence-electron chi connectivity index (χ0n) is 10.5. The van der Waals surface area contributed by atoms with E-state index in [9.17, 15) is 8.42 Å². The van der Waals surface area contributed by atoms with Gasteiger partial charge >= 0.3 is 0 Å². The van der Waals surface area contributed by atoms with E-state index < -0.39 is 21.9 Å². The van der Waals surface area contributed by atoms with Gasteiger partial charge in [0.05, 0.1) is 26.5 Å². The molecule has 0 heterocycles. The maximum Gasteiger partial charge on any atom is 0.237 e. The lowest BCUT2D eigenvalue weighted by atomic mass is 10.3. The van der Waals surface area contributed by atoms with Gasteiger partial charge in [-0.3, -0.25) is 4.72 Å². The van der Waals surface area contributed by atoms with Crippen LogP contribution in [0, 0.1) is 0 Å². The summed E-state index contributed by atoms with van der Waals surface area (Å²) in [5.41, 5.74) is 0.355. The molecule has 1 aromatic carbocycles. The van der Waals surface area contributed by atoms with Crippen LogP contribution in [0.3, 0.4) is 0 Å². The third-order valence-corrected chi connectivity index (χ3v) is 4.16. The summed E-state index contributed by atoms with van der Waals surface area (Å²) in [6, 6.07) is 4.67. The number of anilines is 1. The van der Waals surface area contributed by atoms with Crippen molar-refractivity contribution < 1.29 is 23.0 Å². The molecule has 1 rings (SSSR count). The summed E-state index contributed by atoms with van der Waals surface area (Å²) in [4.78, 5) is 0. The largest absolute Gasteiger partial charge is 0.493 e. The van der Waals surface area contributed by atoms with Gasteiger partial charge in [-0.25, -0.2) is 8.42 Å². The van der Waals surface area contributed by atoms with Crippen LogP contribution in [0.25, 0.3) is 0 Å². The summed E-state index contributed by atoms with van der Waals surface area (Å²) >= 11 is 0. The Bertz CT molecular complexity index is 500. The molecule has 0 aliphatic carbocycles. The molecule has 0 radical (unpaired) electrons. The first-order valence-electron chi connectivity index (χ1n) is 5.29. The Morgan fingerprint density at radius 1 is 1.28 bits per heavy atom. The molecule has 1 atom stereocenters. The highest BCUT2D eigenvalue weighted by Gasteiger charge is 2.20. The molecule has 0 saturated heterocycles. The molecule has 0 saturated carbocycles. The first-order chi connectivity index (χ1) is 8.44. The van der Waals surface area contributed by atoms with Gasteiger partial charge in [0.25, 0.3) is 0 Å². The van der Waals surface area contributed by atoms with Crippen LogP contribution in [0.4, 0.5) is 5.69 Å². The van der Waals surface area contributed by atoms with Crippen LogP contribution < -0.4 is 14.2 Å². The maximum atomic E-state index is 11.7. The molecule has 1 unspecified atom stereocenters. The molecule has 0 aliphatic rings. The van der Waals surface area contributed by atoms with Crippen LogP contribution in [0.5, 0.6) is 11.5 Å². The monoisotopic (exact) mass is 275 g/mol. The summed E-state index contributed by atoms with van der Waals surface area (Å²) in [5, 5.41) is 7.98. The van der Waals surface area contributed by atoms with Gasteiger partial charge in [0, 0.05) is 6.07 Å². The molecule has 2 N–H and O–H groups in total. The number of hydrogen-bond donors (Lipinski definition) is 2. The molecule has 102 valence electrons. The average molecular weight is 275 g/mol. The molecule has 18 heavy (non-hydrogen) atoms. The van der Waals surface area contributed by atoms with E-state index in [1.165, 1.54) is 27.2 Å². The lowest BCUT2D eigenvalue weighted by Crippen LogP contribution is -2.28. The minimum absolute atomic E-state index is 0.355. The van der Waals surface area contributed by atoms with Crippen LogP contribution >= 0.6 is 0 Å². The van der Waals surface area contributed by atoms with Crippen LogP contribution in [-0.4, -0.2) is 39.6 Å². The number of aliphatic hydroxyl groups excluding tert-OH is 1. The van der Waals surface area contributed by atoms with E-state index in [0.29, 0.717) is 17.2 Å². The normalized spacial score (nSPS) is 12.9. The number of hydrogen-bond acceptors (Lipinski definition) is 5. The fourth-order valence-corrected chi connectivity index (χ4v) is 2.12. The average Bonchev–Trinajstić information content (AvgIpc) is 2.36. The van der Waals surface area contributed by atoms with Gasteiger partial charge in [0.1, 0.15) is 5.25 Å². The summed E-state index contributed by atoms with van der Waals surface area (Å²) in [6.07, 6.45) is 0. The zero-order chi connectivity index (χ0) is 13.8. The lowest BCUT2D eigenvalue weighted by Gasteiger charge is -2.14. The Balaban J connectivity index is 2.99. The van der Waals surface area contributed by atoms with Gasteiger partial charge in [0.2, 0.25) is 10.0 Å². The molecule has 0 bridgehead atoms. The second kappa shape index (κ2) is 5.92. The molecule has 0 amide bonds. The van der Waals surface area contributed by atoms with Gasteiger partial charge in [0.15, 0.2) is 11.5 Å². The topological polar surface area (TPSA) is 84.9 Å². The van der Waals surface area contributed by atoms with Gasteiger partial charge in [-0.15, -0.1) is 0 Å². The summed E-state index contributed by atoms with van der Waals surface area (Å²) in [6.45, 7) is 0.978. The summed E-state index contributed by atoms with van der Waals surface area (Å²) in [5.74, 6) is 0.935. The standard InChI is InChI=1S/C11H17NO5S/c1-8(7-13)18(14,15)12-9-4-5-10(16-2)11(6-9)17-3/h4-6,8,12-13H,7H2,1-3H3. The second-order valence-electron chi connectivity index (χ2n) is 3.71. The number of sulfonamides is 1. The van der Waals surface area contributed by atoms with E-state index in [1.807, 2.05) is 0 Å². The number of aliphatic hydroxyl groups is 1. The van der Waals surface area contributed by atoms with Gasteiger partial charge in [-0.1, -0.05) is 0 Å².